The van der Waals surface area contributed by atoms with E-state index in [4.69, 9.17) is 4.74 Å². The summed E-state index contributed by atoms with van der Waals surface area (Å²) in [4.78, 5) is 4.20. The van der Waals surface area contributed by atoms with E-state index < -0.39 is 0 Å². The van der Waals surface area contributed by atoms with E-state index in [-0.39, 0.29) is 6.10 Å². The Labute approximate surface area is 79.5 Å². The minimum atomic E-state index is 0.159. The van der Waals surface area contributed by atoms with Gasteiger partial charge in [0.2, 0.25) is 0 Å². The molecule has 1 aliphatic heterocycles. The second-order valence-electron chi connectivity index (χ2n) is 3.02. The average molecular weight is 189 g/mol. The summed E-state index contributed by atoms with van der Waals surface area (Å²) >= 11 is 0. The first kappa shape index (κ1) is 7.57. The highest BCUT2D eigenvalue weighted by atomic mass is 16.6. The van der Waals surface area contributed by atoms with E-state index >= 15 is 0 Å². The summed E-state index contributed by atoms with van der Waals surface area (Å²) in [7, 11) is 0. The van der Waals surface area contributed by atoms with Gasteiger partial charge in [-0.25, -0.2) is 4.68 Å². The second kappa shape index (κ2) is 2.85. The number of rotatable bonds is 2. The van der Waals surface area contributed by atoms with Crippen molar-refractivity contribution in [2.45, 2.75) is 6.10 Å². The maximum absolute atomic E-state index is 5.14. The van der Waals surface area contributed by atoms with Crippen molar-refractivity contribution in [3.63, 3.8) is 0 Å². The lowest BCUT2D eigenvalue weighted by Crippen LogP contribution is -1.97. The number of ether oxygens (including phenoxy) is 1. The van der Waals surface area contributed by atoms with Crippen molar-refractivity contribution >= 4 is 0 Å². The minimum Gasteiger partial charge on any atom is -0.366 e. The third-order valence-corrected chi connectivity index (χ3v) is 2.04. The van der Waals surface area contributed by atoms with Crippen molar-refractivity contribution < 1.29 is 4.74 Å². The monoisotopic (exact) mass is 189 g/mol. The summed E-state index contributed by atoms with van der Waals surface area (Å²) in [5.74, 6) is 0. The third kappa shape index (κ3) is 1.25. The molecule has 0 aliphatic carbocycles. The average Bonchev–Trinajstić information content (AvgIpc) is 2.94. The number of aromatic nitrogens is 5. The van der Waals surface area contributed by atoms with E-state index in [1.54, 1.807) is 17.2 Å². The van der Waals surface area contributed by atoms with Gasteiger partial charge in [-0.2, -0.15) is 0 Å². The quantitative estimate of drug-likeness (QED) is 0.628. The lowest BCUT2D eigenvalue weighted by molar-refractivity contribution is 0.411. The Kier molecular flexibility index (Phi) is 1.54. The number of hydrogen-bond donors (Lipinski definition) is 0. The second-order valence-corrected chi connectivity index (χ2v) is 3.02. The van der Waals surface area contributed by atoms with Crippen LogP contribution in [0.5, 0.6) is 0 Å². The van der Waals surface area contributed by atoms with Crippen LogP contribution < -0.4 is 0 Å². The summed E-state index contributed by atoms with van der Waals surface area (Å²) in [5, 5.41) is 10.9. The molecule has 0 spiro atoms. The molecule has 0 radical (unpaired) electrons. The highest BCUT2D eigenvalue weighted by Crippen LogP contribution is 2.28. The summed E-state index contributed by atoms with van der Waals surface area (Å²) in [6.45, 7) is 0.756. The number of hydrogen-bond acceptors (Lipinski definition) is 5. The topological polar surface area (TPSA) is 69.0 Å². The van der Waals surface area contributed by atoms with Gasteiger partial charge in [-0.3, -0.25) is 4.98 Å². The van der Waals surface area contributed by atoms with Crippen LogP contribution >= 0.6 is 0 Å². The summed E-state index contributed by atoms with van der Waals surface area (Å²) in [6, 6.07) is 3.77. The fourth-order valence-corrected chi connectivity index (χ4v) is 1.25. The van der Waals surface area contributed by atoms with E-state index in [2.05, 4.69) is 20.5 Å². The molecule has 1 atom stereocenters. The van der Waals surface area contributed by atoms with E-state index in [9.17, 15) is 0 Å². The van der Waals surface area contributed by atoms with Gasteiger partial charge in [-0.15, -0.1) is 5.10 Å². The molecule has 14 heavy (non-hydrogen) atoms. The Bertz CT molecular complexity index is 437. The Morgan fingerprint density at radius 1 is 1.50 bits per heavy atom. The molecular weight excluding hydrogens is 182 g/mol. The van der Waals surface area contributed by atoms with Gasteiger partial charge in [-0.05, 0) is 22.6 Å². The first-order valence-corrected chi connectivity index (χ1v) is 4.24. The fraction of sp³-hybridized carbons (Fsp3) is 0.250. The Morgan fingerprint density at radius 2 is 2.43 bits per heavy atom. The summed E-state index contributed by atoms with van der Waals surface area (Å²) < 4.78 is 6.73. The molecule has 6 nitrogen and oxygen atoms in total. The summed E-state index contributed by atoms with van der Waals surface area (Å²) in [6.07, 6.45) is 3.44. The van der Waals surface area contributed by atoms with Crippen LogP contribution in [-0.4, -0.2) is 31.8 Å². The zero-order valence-electron chi connectivity index (χ0n) is 7.24. The van der Waals surface area contributed by atoms with Gasteiger partial charge in [0.1, 0.15) is 12.4 Å². The van der Waals surface area contributed by atoms with Crippen molar-refractivity contribution in [1.29, 1.82) is 0 Å². The van der Waals surface area contributed by atoms with Crippen LogP contribution in [0.2, 0.25) is 0 Å². The molecule has 3 heterocycles. The molecule has 1 saturated heterocycles. The van der Waals surface area contributed by atoms with Crippen molar-refractivity contribution in [1.82, 2.24) is 25.2 Å². The molecule has 6 heteroatoms. The first-order valence-electron chi connectivity index (χ1n) is 4.24. The van der Waals surface area contributed by atoms with Crippen molar-refractivity contribution in [3.8, 4) is 5.69 Å². The molecule has 1 unspecified atom stereocenters. The molecule has 2 aromatic rings. The molecule has 70 valence electrons. The van der Waals surface area contributed by atoms with Crippen molar-refractivity contribution in [2.75, 3.05) is 6.61 Å². The molecule has 0 saturated carbocycles. The van der Waals surface area contributed by atoms with Gasteiger partial charge in [-0.1, -0.05) is 0 Å². The van der Waals surface area contributed by atoms with Crippen molar-refractivity contribution in [3.05, 3.63) is 30.4 Å². The minimum absolute atomic E-state index is 0.159. The van der Waals surface area contributed by atoms with Crippen LogP contribution in [0, 0.1) is 0 Å². The smallest absolute Gasteiger partial charge is 0.143 e. The van der Waals surface area contributed by atoms with Gasteiger partial charge < -0.3 is 4.74 Å². The van der Waals surface area contributed by atoms with Crippen LogP contribution in [0.1, 0.15) is 11.8 Å². The van der Waals surface area contributed by atoms with Gasteiger partial charge >= 0.3 is 0 Å². The molecule has 1 fully saturated rings. The number of epoxide rings is 1. The number of tetrazole rings is 1. The molecule has 2 aromatic heterocycles. The van der Waals surface area contributed by atoms with Crippen molar-refractivity contribution in [2.24, 2.45) is 0 Å². The zero-order valence-corrected chi connectivity index (χ0v) is 7.24. The standard InChI is InChI=1S/C8H7N5O/c1-2-9-7(8-4-14-8)3-6(1)13-5-10-11-12-13/h1-3,5,8H,4H2. The van der Waals surface area contributed by atoms with Gasteiger partial charge in [0.05, 0.1) is 18.0 Å². The van der Waals surface area contributed by atoms with Crippen LogP contribution in [0.4, 0.5) is 0 Å². The molecular formula is C8H7N5O. The highest BCUT2D eigenvalue weighted by molar-refractivity contribution is 5.31. The zero-order chi connectivity index (χ0) is 9.38. The Hall–Kier alpha value is -1.82. The van der Waals surface area contributed by atoms with Crippen LogP contribution in [0.15, 0.2) is 24.7 Å². The molecule has 0 amide bonds. The molecule has 0 bridgehead atoms. The molecule has 0 N–H and O–H groups in total. The predicted octanol–water partition coefficient (Wildman–Crippen LogP) is 0.129. The number of pyridine rings is 1. The van der Waals surface area contributed by atoms with E-state index in [0.717, 1.165) is 18.0 Å². The lowest BCUT2D eigenvalue weighted by Gasteiger charge is -1.99. The Morgan fingerprint density at radius 3 is 3.14 bits per heavy atom. The largest absolute Gasteiger partial charge is 0.366 e. The number of nitrogens with zero attached hydrogens (tertiary/aromatic N) is 5. The normalized spacial score (nSPS) is 19.6. The fourth-order valence-electron chi connectivity index (χ4n) is 1.25. The van der Waals surface area contributed by atoms with Crippen LogP contribution in [0.25, 0.3) is 5.69 Å². The predicted molar refractivity (Wildman–Crippen MR) is 45.6 cm³/mol. The van der Waals surface area contributed by atoms with Crippen LogP contribution in [-0.2, 0) is 4.74 Å². The Balaban J connectivity index is 2.02. The van der Waals surface area contributed by atoms with Crippen LogP contribution in [0.3, 0.4) is 0 Å². The van der Waals surface area contributed by atoms with Gasteiger partial charge in [0.15, 0.2) is 0 Å². The SMILES string of the molecule is c1cc(-n2cnnn2)cc(C2CO2)n1. The lowest BCUT2D eigenvalue weighted by atomic mass is 10.2. The third-order valence-electron chi connectivity index (χ3n) is 2.04. The van der Waals surface area contributed by atoms with E-state index in [0.29, 0.717) is 0 Å². The van der Waals surface area contributed by atoms with Gasteiger partial charge in [0, 0.05) is 6.20 Å². The molecule has 1 aliphatic rings. The summed E-state index contributed by atoms with van der Waals surface area (Å²) in [5.41, 5.74) is 1.83. The van der Waals surface area contributed by atoms with E-state index in [1.165, 1.54) is 0 Å². The first-order chi connectivity index (χ1) is 6.93. The van der Waals surface area contributed by atoms with E-state index in [1.807, 2.05) is 12.1 Å². The van der Waals surface area contributed by atoms with Gasteiger partial charge in [0.25, 0.3) is 0 Å². The highest BCUT2D eigenvalue weighted by Gasteiger charge is 2.26. The maximum atomic E-state index is 5.14. The maximum Gasteiger partial charge on any atom is 0.143 e. The molecule has 3 rings (SSSR count). The molecule has 0 aromatic carbocycles.